The predicted octanol–water partition coefficient (Wildman–Crippen LogP) is 4.08. The second kappa shape index (κ2) is 6.64. The van der Waals surface area contributed by atoms with Gasteiger partial charge in [0, 0.05) is 10.9 Å². The van der Waals surface area contributed by atoms with Gasteiger partial charge in [0.1, 0.15) is 0 Å². The molecule has 0 aromatic heterocycles. The van der Waals surface area contributed by atoms with Crippen LogP contribution in [0.1, 0.15) is 13.3 Å². The Morgan fingerprint density at radius 3 is 2.67 bits per heavy atom. The fourth-order valence-electron chi connectivity index (χ4n) is 1.06. The van der Waals surface area contributed by atoms with Crippen molar-refractivity contribution in [1.82, 2.24) is 5.32 Å². The summed E-state index contributed by atoms with van der Waals surface area (Å²) in [7, 11) is 1.98. The Morgan fingerprint density at radius 1 is 1.33 bits per heavy atom. The van der Waals surface area contributed by atoms with Gasteiger partial charge in [0.05, 0.1) is 10.0 Å². The van der Waals surface area contributed by atoms with E-state index in [1.54, 1.807) is 11.8 Å². The molecule has 84 valence electrons. The first-order chi connectivity index (χ1) is 7.13. The molecule has 1 nitrogen and oxygen atoms in total. The predicted molar refractivity (Wildman–Crippen MR) is 70.3 cm³/mol. The highest BCUT2D eigenvalue weighted by Crippen LogP contribution is 2.28. The van der Waals surface area contributed by atoms with Gasteiger partial charge in [0.15, 0.2) is 0 Å². The lowest BCUT2D eigenvalue weighted by molar-refractivity contribution is 0.598. The van der Waals surface area contributed by atoms with Gasteiger partial charge < -0.3 is 5.32 Å². The molecule has 0 amide bonds. The van der Waals surface area contributed by atoms with Crippen molar-refractivity contribution in [2.45, 2.75) is 24.3 Å². The smallest absolute Gasteiger partial charge is 0.0603 e. The second-order valence-electron chi connectivity index (χ2n) is 3.40. The van der Waals surface area contributed by atoms with E-state index in [-0.39, 0.29) is 0 Å². The maximum absolute atomic E-state index is 5.92. The average molecular weight is 264 g/mol. The standard InChI is InChI=1S/C11H15Cl2NS/c1-8(14-2)5-6-15-9-3-4-10(12)11(13)7-9/h3-4,7-8,14H,5-6H2,1-2H3. The fourth-order valence-corrected chi connectivity index (χ4v) is 2.50. The molecule has 0 saturated heterocycles. The SMILES string of the molecule is CNC(C)CCSc1ccc(Cl)c(Cl)c1. The van der Waals surface area contributed by atoms with E-state index in [2.05, 4.69) is 12.2 Å². The Hall–Kier alpha value is 0.110. The zero-order valence-electron chi connectivity index (χ0n) is 8.89. The first kappa shape index (κ1) is 13.2. The third kappa shape index (κ3) is 4.64. The lowest BCUT2D eigenvalue weighted by Crippen LogP contribution is -2.21. The summed E-state index contributed by atoms with van der Waals surface area (Å²) in [5, 5.41) is 4.45. The van der Waals surface area contributed by atoms with E-state index in [1.807, 2.05) is 25.2 Å². The van der Waals surface area contributed by atoms with Gasteiger partial charge in [-0.15, -0.1) is 11.8 Å². The van der Waals surface area contributed by atoms with E-state index in [1.165, 1.54) is 4.90 Å². The summed E-state index contributed by atoms with van der Waals surface area (Å²) >= 11 is 13.6. The Labute approximate surface area is 106 Å². The van der Waals surface area contributed by atoms with Gasteiger partial charge >= 0.3 is 0 Å². The first-order valence-corrected chi connectivity index (χ1v) is 6.62. The topological polar surface area (TPSA) is 12.0 Å². The molecule has 0 aliphatic heterocycles. The summed E-state index contributed by atoms with van der Waals surface area (Å²) in [6, 6.07) is 6.31. The number of benzene rings is 1. The van der Waals surface area contributed by atoms with E-state index >= 15 is 0 Å². The van der Waals surface area contributed by atoms with E-state index < -0.39 is 0 Å². The summed E-state index contributed by atoms with van der Waals surface area (Å²) in [6.07, 6.45) is 1.14. The monoisotopic (exact) mass is 263 g/mol. The highest BCUT2D eigenvalue weighted by molar-refractivity contribution is 7.99. The quantitative estimate of drug-likeness (QED) is 0.804. The first-order valence-electron chi connectivity index (χ1n) is 4.88. The molecular weight excluding hydrogens is 249 g/mol. The van der Waals surface area contributed by atoms with Crippen LogP contribution in [0.2, 0.25) is 10.0 Å². The third-order valence-corrected chi connectivity index (χ3v) is 3.97. The summed E-state index contributed by atoms with van der Waals surface area (Å²) in [5.74, 6) is 1.08. The molecule has 0 aliphatic carbocycles. The van der Waals surface area contributed by atoms with E-state index in [4.69, 9.17) is 23.2 Å². The molecule has 1 N–H and O–H groups in total. The number of nitrogens with one attached hydrogen (secondary N) is 1. The summed E-state index contributed by atoms with van der Waals surface area (Å²) in [6.45, 7) is 2.18. The van der Waals surface area contributed by atoms with Gasteiger partial charge in [-0.3, -0.25) is 0 Å². The van der Waals surface area contributed by atoms with Crippen LogP contribution in [0.25, 0.3) is 0 Å². The molecule has 0 radical (unpaired) electrons. The van der Waals surface area contributed by atoms with E-state index in [0.29, 0.717) is 16.1 Å². The van der Waals surface area contributed by atoms with Crippen molar-refractivity contribution >= 4 is 35.0 Å². The van der Waals surface area contributed by atoms with Crippen molar-refractivity contribution in [3.8, 4) is 0 Å². The lowest BCUT2D eigenvalue weighted by Gasteiger charge is -2.09. The molecule has 1 atom stereocenters. The lowest BCUT2D eigenvalue weighted by atomic mass is 10.3. The van der Waals surface area contributed by atoms with Crippen LogP contribution >= 0.6 is 35.0 Å². The Balaban J connectivity index is 2.41. The van der Waals surface area contributed by atoms with Gasteiger partial charge in [0.2, 0.25) is 0 Å². The van der Waals surface area contributed by atoms with Crippen molar-refractivity contribution in [3.63, 3.8) is 0 Å². The largest absolute Gasteiger partial charge is 0.317 e. The van der Waals surface area contributed by atoms with Gasteiger partial charge in [0.25, 0.3) is 0 Å². The molecule has 1 aromatic carbocycles. The maximum Gasteiger partial charge on any atom is 0.0603 e. The minimum absolute atomic E-state index is 0.556. The minimum atomic E-state index is 0.556. The van der Waals surface area contributed by atoms with Crippen molar-refractivity contribution in [1.29, 1.82) is 0 Å². The number of hydrogen-bond acceptors (Lipinski definition) is 2. The molecule has 1 rings (SSSR count). The van der Waals surface area contributed by atoms with Gasteiger partial charge in [-0.2, -0.15) is 0 Å². The number of thioether (sulfide) groups is 1. The van der Waals surface area contributed by atoms with E-state index in [0.717, 1.165) is 12.2 Å². The molecule has 0 saturated carbocycles. The van der Waals surface area contributed by atoms with Crippen LogP contribution in [0.15, 0.2) is 23.1 Å². The molecule has 0 fully saturated rings. The van der Waals surface area contributed by atoms with Crippen molar-refractivity contribution < 1.29 is 0 Å². The highest BCUT2D eigenvalue weighted by Gasteiger charge is 2.02. The zero-order chi connectivity index (χ0) is 11.3. The molecule has 0 spiro atoms. The number of hydrogen-bond donors (Lipinski definition) is 1. The van der Waals surface area contributed by atoms with Gasteiger partial charge in [-0.1, -0.05) is 23.2 Å². The zero-order valence-corrected chi connectivity index (χ0v) is 11.2. The van der Waals surface area contributed by atoms with Crippen molar-refractivity contribution in [3.05, 3.63) is 28.2 Å². The van der Waals surface area contributed by atoms with Crippen LogP contribution in [0.5, 0.6) is 0 Å². The van der Waals surface area contributed by atoms with Gasteiger partial charge in [-0.25, -0.2) is 0 Å². The summed E-state index contributed by atoms with van der Waals surface area (Å²) in [4.78, 5) is 1.17. The molecule has 0 heterocycles. The molecule has 1 unspecified atom stereocenters. The average Bonchev–Trinajstić information content (AvgIpc) is 2.23. The minimum Gasteiger partial charge on any atom is -0.317 e. The van der Waals surface area contributed by atoms with Crippen LogP contribution in [0.3, 0.4) is 0 Å². The van der Waals surface area contributed by atoms with Crippen LogP contribution in [0, 0.1) is 0 Å². The van der Waals surface area contributed by atoms with E-state index in [9.17, 15) is 0 Å². The van der Waals surface area contributed by atoms with Crippen LogP contribution in [0.4, 0.5) is 0 Å². The van der Waals surface area contributed by atoms with Crippen LogP contribution in [-0.2, 0) is 0 Å². The second-order valence-corrected chi connectivity index (χ2v) is 5.39. The Morgan fingerprint density at radius 2 is 2.07 bits per heavy atom. The molecule has 4 heteroatoms. The molecule has 0 bridgehead atoms. The van der Waals surface area contributed by atoms with Crippen LogP contribution in [-0.4, -0.2) is 18.8 Å². The summed E-state index contributed by atoms with van der Waals surface area (Å²) in [5.41, 5.74) is 0. The van der Waals surface area contributed by atoms with Crippen molar-refractivity contribution in [2.24, 2.45) is 0 Å². The van der Waals surface area contributed by atoms with Crippen LogP contribution < -0.4 is 5.32 Å². The third-order valence-electron chi connectivity index (χ3n) is 2.20. The normalized spacial score (nSPS) is 12.8. The Bertz CT molecular complexity index is 317. The highest BCUT2D eigenvalue weighted by atomic mass is 35.5. The molecular formula is C11H15Cl2NS. The maximum atomic E-state index is 5.92. The van der Waals surface area contributed by atoms with Gasteiger partial charge in [-0.05, 0) is 44.3 Å². The number of rotatable bonds is 5. The van der Waals surface area contributed by atoms with Crippen molar-refractivity contribution in [2.75, 3.05) is 12.8 Å². The molecule has 0 aliphatic rings. The summed E-state index contributed by atoms with van der Waals surface area (Å²) < 4.78 is 0. The molecule has 15 heavy (non-hydrogen) atoms. The Kier molecular flexibility index (Phi) is 5.83. The fraction of sp³-hybridized carbons (Fsp3) is 0.455. The number of halogens is 2. The molecule has 1 aromatic rings.